The van der Waals surface area contributed by atoms with Gasteiger partial charge in [-0.15, -0.1) is 11.3 Å². The minimum atomic E-state index is -0.151. The van der Waals surface area contributed by atoms with Gasteiger partial charge in [0.1, 0.15) is 0 Å². The zero-order valence-corrected chi connectivity index (χ0v) is 15.2. The van der Waals surface area contributed by atoms with Gasteiger partial charge in [-0.3, -0.25) is 9.78 Å². The summed E-state index contributed by atoms with van der Waals surface area (Å²) in [4.78, 5) is 26.2. The molecular weight excluding hydrogens is 348 g/mol. The molecule has 1 aliphatic heterocycles. The molecule has 1 amide bonds. The molecule has 3 N–H and O–H groups in total. The Morgan fingerprint density at radius 1 is 1.35 bits per heavy atom. The predicted molar refractivity (Wildman–Crippen MR) is 102 cm³/mol. The smallest absolute Gasteiger partial charge is 0.271 e. The highest BCUT2D eigenvalue weighted by molar-refractivity contribution is 7.17. The molecule has 4 heterocycles. The van der Waals surface area contributed by atoms with Crippen LogP contribution in [0.5, 0.6) is 0 Å². The highest BCUT2D eigenvalue weighted by Crippen LogP contribution is 2.25. The van der Waals surface area contributed by atoms with Crippen molar-refractivity contribution in [2.24, 2.45) is 0 Å². The molecule has 134 valence electrons. The second kappa shape index (κ2) is 7.35. The quantitative estimate of drug-likeness (QED) is 0.640. The number of fused-ring (bicyclic) bond motifs is 1. The standard InChI is InChI=1S/C18H20N6OS/c1-11(13-4-2-3-7-20-13)21-18-23-14-6-9-26-16(14)15(24-18)17(25)22-12-5-8-19-10-12/h2-4,6-7,9,11-12,19H,5,8,10H2,1H3,(H,22,25)(H,21,23,24)/t11-,12-/m0/s1. The molecule has 7 nitrogen and oxygen atoms in total. The zero-order valence-electron chi connectivity index (χ0n) is 14.4. The molecule has 0 saturated carbocycles. The van der Waals surface area contributed by atoms with Crippen LogP contribution in [0.1, 0.15) is 35.6 Å². The third kappa shape index (κ3) is 3.51. The van der Waals surface area contributed by atoms with Crippen LogP contribution in [0.3, 0.4) is 0 Å². The first-order valence-electron chi connectivity index (χ1n) is 8.65. The summed E-state index contributed by atoms with van der Waals surface area (Å²) in [5, 5.41) is 11.5. The maximum atomic E-state index is 12.8. The van der Waals surface area contributed by atoms with Crippen LogP contribution in [-0.4, -0.2) is 40.0 Å². The van der Waals surface area contributed by atoms with Crippen molar-refractivity contribution in [1.82, 2.24) is 25.6 Å². The number of nitrogens with zero attached hydrogens (tertiary/aromatic N) is 3. The van der Waals surface area contributed by atoms with Gasteiger partial charge in [-0.1, -0.05) is 6.07 Å². The van der Waals surface area contributed by atoms with Crippen LogP contribution < -0.4 is 16.0 Å². The van der Waals surface area contributed by atoms with E-state index in [0.717, 1.165) is 35.4 Å². The van der Waals surface area contributed by atoms with E-state index in [4.69, 9.17) is 0 Å². The molecule has 8 heteroatoms. The second-order valence-electron chi connectivity index (χ2n) is 6.31. The summed E-state index contributed by atoms with van der Waals surface area (Å²) in [6.07, 6.45) is 2.69. The molecule has 3 aromatic rings. The number of nitrogens with one attached hydrogen (secondary N) is 3. The van der Waals surface area contributed by atoms with Gasteiger partial charge in [0.25, 0.3) is 5.91 Å². The van der Waals surface area contributed by atoms with Crippen molar-refractivity contribution in [1.29, 1.82) is 0 Å². The van der Waals surface area contributed by atoms with E-state index in [9.17, 15) is 4.79 Å². The highest BCUT2D eigenvalue weighted by atomic mass is 32.1. The molecular formula is C18H20N6OS. The molecule has 1 aliphatic rings. The topological polar surface area (TPSA) is 91.8 Å². The van der Waals surface area contributed by atoms with E-state index in [0.29, 0.717) is 11.6 Å². The third-order valence-corrected chi connectivity index (χ3v) is 5.30. The van der Waals surface area contributed by atoms with Crippen molar-refractivity contribution >= 4 is 33.4 Å². The first kappa shape index (κ1) is 16.9. The number of carbonyl (C=O) groups is 1. The number of pyridine rings is 1. The van der Waals surface area contributed by atoms with E-state index < -0.39 is 0 Å². The number of thiophene rings is 1. The van der Waals surface area contributed by atoms with Gasteiger partial charge in [0.05, 0.1) is 22.0 Å². The van der Waals surface area contributed by atoms with E-state index in [1.807, 2.05) is 36.6 Å². The van der Waals surface area contributed by atoms with Crippen molar-refractivity contribution < 1.29 is 4.79 Å². The molecule has 3 aromatic heterocycles. The Kier molecular flexibility index (Phi) is 4.77. The maximum absolute atomic E-state index is 12.8. The maximum Gasteiger partial charge on any atom is 0.271 e. The van der Waals surface area contributed by atoms with Crippen molar-refractivity contribution in [3.05, 3.63) is 47.2 Å². The average molecular weight is 368 g/mol. The summed E-state index contributed by atoms with van der Waals surface area (Å²) in [6, 6.07) is 7.76. The van der Waals surface area contributed by atoms with Crippen LogP contribution in [-0.2, 0) is 0 Å². The van der Waals surface area contributed by atoms with Gasteiger partial charge in [0.15, 0.2) is 5.69 Å². The fourth-order valence-electron chi connectivity index (χ4n) is 3.01. The molecule has 0 unspecified atom stereocenters. The number of carbonyl (C=O) groups excluding carboxylic acids is 1. The normalized spacial score (nSPS) is 18.0. The summed E-state index contributed by atoms with van der Waals surface area (Å²) in [5.74, 6) is 0.283. The van der Waals surface area contributed by atoms with Crippen molar-refractivity contribution in [3.63, 3.8) is 0 Å². The molecule has 0 spiro atoms. The third-order valence-electron chi connectivity index (χ3n) is 4.39. The van der Waals surface area contributed by atoms with Crippen molar-refractivity contribution in [2.45, 2.75) is 25.4 Å². The molecule has 1 fully saturated rings. The molecule has 0 aromatic carbocycles. The lowest BCUT2D eigenvalue weighted by Crippen LogP contribution is -2.36. The number of aromatic nitrogens is 3. The Hall–Kier alpha value is -2.58. The minimum absolute atomic E-state index is 0.0674. The number of hydrogen-bond acceptors (Lipinski definition) is 7. The molecule has 0 bridgehead atoms. The highest BCUT2D eigenvalue weighted by Gasteiger charge is 2.22. The number of rotatable bonds is 5. The first-order valence-corrected chi connectivity index (χ1v) is 9.53. The van der Waals surface area contributed by atoms with Crippen LogP contribution >= 0.6 is 11.3 Å². The van der Waals surface area contributed by atoms with Gasteiger partial charge >= 0.3 is 0 Å². The summed E-state index contributed by atoms with van der Waals surface area (Å²) in [5.41, 5.74) is 2.09. The van der Waals surface area contributed by atoms with Gasteiger partial charge < -0.3 is 16.0 Å². The van der Waals surface area contributed by atoms with Gasteiger partial charge in [-0.25, -0.2) is 9.97 Å². The summed E-state index contributed by atoms with van der Waals surface area (Å²) >= 11 is 1.48. The van der Waals surface area contributed by atoms with Gasteiger partial charge in [0.2, 0.25) is 5.95 Å². The van der Waals surface area contributed by atoms with Crippen LogP contribution in [0.4, 0.5) is 5.95 Å². The first-order chi connectivity index (χ1) is 12.7. The largest absolute Gasteiger partial charge is 0.347 e. The second-order valence-corrected chi connectivity index (χ2v) is 7.23. The Morgan fingerprint density at radius 3 is 3.04 bits per heavy atom. The molecule has 26 heavy (non-hydrogen) atoms. The van der Waals surface area contributed by atoms with E-state index in [2.05, 4.69) is 30.9 Å². The minimum Gasteiger partial charge on any atom is -0.347 e. The summed E-state index contributed by atoms with van der Waals surface area (Å²) in [6.45, 7) is 3.72. The molecule has 4 rings (SSSR count). The van der Waals surface area contributed by atoms with Gasteiger partial charge in [0, 0.05) is 18.8 Å². The summed E-state index contributed by atoms with van der Waals surface area (Å²) < 4.78 is 0.810. The SMILES string of the molecule is C[C@H](Nc1nc(C(=O)N[C@H]2CCNC2)c2sccc2n1)c1ccccn1. The van der Waals surface area contributed by atoms with Crippen molar-refractivity contribution in [3.8, 4) is 0 Å². The number of amides is 1. The lowest BCUT2D eigenvalue weighted by molar-refractivity contribution is 0.0937. The van der Waals surface area contributed by atoms with Crippen LogP contribution in [0.2, 0.25) is 0 Å². The van der Waals surface area contributed by atoms with Crippen LogP contribution in [0, 0.1) is 0 Å². The lowest BCUT2D eigenvalue weighted by atomic mass is 10.2. The number of hydrogen-bond donors (Lipinski definition) is 3. The fraction of sp³-hybridized carbons (Fsp3) is 0.333. The molecule has 0 radical (unpaired) electrons. The molecule has 0 aliphatic carbocycles. The van der Waals surface area contributed by atoms with E-state index in [1.165, 1.54) is 11.3 Å². The van der Waals surface area contributed by atoms with Gasteiger partial charge in [-0.05, 0) is 43.5 Å². The zero-order chi connectivity index (χ0) is 17.9. The monoisotopic (exact) mass is 368 g/mol. The average Bonchev–Trinajstić information content (AvgIpc) is 3.33. The Bertz CT molecular complexity index is 906. The predicted octanol–water partition coefficient (Wildman–Crippen LogP) is 2.35. The van der Waals surface area contributed by atoms with Gasteiger partial charge in [-0.2, -0.15) is 0 Å². The molecule has 2 atom stereocenters. The van der Waals surface area contributed by atoms with E-state index in [-0.39, 0.29) is 18.0 Å². The van der Waals surface area contributed by atoms with Crippen LogP contribution in [0.15, 0.2) is 35.8 Å². The Labute approximate surface area is 155 Å². The van der Waals surface area contributed by atoms with Crippen LogP contribution in [0.25, 0.3) is 10.2 Å². The van der Waals surface area contributed by atoms with E-state index in [1.54, 1.807) is 6.20 Å². The van der Waals surface area contributed by atoms with E-state index >= 15 is 0 Å². The van der Waals surface area contributed by atoms with Crippen molar-refractivity contribution in [2.75, 3.05) is 18.4 Å². The number of anilines is 1. The lowest BCUT2D eigenvalue weighted by Gasteiger charge is -2.15. The summed E-state index contributed by atoms with van der Waals surface area (Å²) in [7, 11) is 0. The Morgan fingerprint density at radius 2 is 2.27 bits per heavy atom. The Balaban J connectivity index is 1.60. The molecule has 1 saturated heterocycles. The fourth-order valence-corrected chi connectivity index (χ4v) is 3.83.